The molecule has 3 fully saturated rings. The van der Waals surface area contributed by atoms with E-state index >= 15 is 0 Å². The Hall–Kier alpha value is -3.51. The summed E-state index contributed by atoms with van der Waals surface area (Å²) in [6.07, 6.45) is 18.2. The molecule has 0 aliphatic heterocycles. The standard InChI is InChI=1S/C42H54O6/c1-25(12-14-32-27(3)21-38(47-8)29(5)28(32)4)10-9-11-26(2)20-39(46)48-24-37(45)35-17-16-34-33-15-13-30-22-31(43)18-19-41(30,6)40(33)36(44)23-42(34,35)7/h9-12,14,20-22,33-36,40,44H,13,15-19,23-24H2,1-8H3/b11-9+,14-12+,25-10+,26-20+. The van der Waals surface area contributed by atoms with Crippen molar-refractivity contribution in [2.24, 2.45) is 34.5 Å². The van der Waals surface area contributed by atoms with Gasteiger partial charge in [-0.3, -0.25) is 9.59 Å². The number of methoxy groups -OCH3 is 1. The van der Waals surface area contributed by atoms with Crippen molar-refractivity contribution < 1.29 is 29.0 Å². The molecule has 1 N–H and O–H groups in total. The summed E-state index contributed by atoms with van der Waals surface area (Å²) in [5.41, 5.74) is 7.22. The molecule has 0 saturated heterocycles. The summed E-state index contributed by atoms with van der Waals surface area (Å²) in [7, 11) is 1.69. The Morgan fingerprint density at radius 1 is 1.02 bits per heavy atom. The molecule has 6 nitrogen and oxygen atoms in total. The number of carbonyl (C=O) groups excluding carboxylic acids is 3. The first-order chi connectivity index (χ1) is 22.7. The second-order valence-corrected chi connectivity index (χ2v) is 15.4. The molecule has 1 aromatic rings. The number of aliphatic hydroxyl groups is 1. The number of fused-ring (bicyclic) bond motifs is 5. The monoisotopic (exact) mass is 654 g/mol. The Morgan fingerprint density at radius 3 is 2.50 bits per heavy atom. The topological polar surface area (TPSA) is 89.9 Å². The molecule has 0 bridgehead atoms. The number of aryl methyl sites for hydroxylation is 1. The highest BCUT2D eigenvalue weighted by atomic mass is 16.5. The molecule has 5 rings (SSSR count). The van der Waals surface area contributed by atoms with Gasteiger partial charge >= 0.3 is 5.97 Å². The summed E-state index contributed by atoms with van der Waals surface area (Å²) in [5, 5.41) is 11.6. The third kappa shape index (κ3) is 6.83. The number of Topliss-reactive ketones (excluding diaryl/α,β-unsaturated/α-hetero) is 1. The quantitative estimate of drug-likeness (QED) is 0.164. The second-order valence-electron chi connectivity index (χ2n) is 15.4. The lowest BCUT2D eigenvalue weighted by Gasteiger charge is -2.59. The van der Waals surface area contributed by atoms with E-state index < -0.39 is 12.1 Å². The fourth-order valence-electron chi connectivity index (χ4n) is 9.89. The highest BCUT2D eigenvalue weighted by molar-refractivity contribution is 5.91. The lowest BCUT2D eigenvalue weighted by atomic mass is 9.46. The number of ether oxygens (including phenoxy) is 2. The number of ketones is 2. The van der Waals surface area contributed by atoms with Crippen molar-refractivity contribution in [3.63, 3.8) is 0 Å². The van der Waals surface area contributed by atoms with Crippen molar-refractivity contribution in [1.82, 2.24) is 0 Å². The summed E-state index contributed by atoms with van der Waals surface area (Å²) in [4.78, 5) is 38.4. The molecule has 0 heterocycles. The van der Waals surface area contributed by atoms with E-state index in [4.69, 9.17) is 9.47 Å². The number of hydrogen-bond donors (Lipinski definition) is 1. The molecule has 1 aromatic carbocycles. The van der Waals surface area contributed by atoms with Crippen LogP contribution in [0, 0.1) is 55.3 Å². The van der Waals surface area contributed by atoms with Crippen molar-refractivity contribution in [2.45, 2.75) is 99.5 Å². The van der Waals surface area contributed by atoms with Gasteiger partial charge in [-0.25, -0.2) is 4.79 Å². The van der Waals surface area contributed by atoms with Gasteiger partial charge < -0.3 is 14.6 Å². The van der Waals surface area contributed by atoms with E-state index in [1.54, 1.807) is 7.11 Å². The molecule has 258 valence electrons. The van der Waals surface area contributed by atoms with Crippen LogP contribution in [-0.4, -0.2) is 42.5 Å². The predicted octanol–water partition coefficient (Wildman–Crippen LogP) is 8.31. The van der Waals surface area contributed by atoms with Crippen LogP contribution in [0.25, 0.3) is 6.08 Å². The molecule has 0 amide bonds. The lowest BCUT2D eigenvalue weighted by molar-refractivity contribution is -0.152. The Balaban J connectivity index is 1.16. The molecule has 48 heavy (non-hydrogen) atoms. The highest BCUT2D eigenvalue weighted by Crippen LogP contribution is 2.66. The van der Waals surface area contributed by atoms with E-state index in [1.807, 2.05) is 38.2 Å². The minimum atomic E-state index is -0.526. The minimum absolute atomic E-state index is 0.0469. The highest BCUT2D eigenvalue weighted by Gasteiger charge is 2.62. The van der Waals surface area contributed by atoms with Gasteiger partial charge in [0.25, 0.3) is 0 Å². The fourth-order valence-corrected chi connectivity index (χ4v) is 9.89. The van der Waals surface area contributed by atoms with Crippen LogP contribution in [0.3, 0.4) is 0 Å². The van der Waals surface area contributed by atoms with Crippen LogP contribution in [0.2, 0.25) is 0 Å². The van der Waals surface area contributed by atoms with Crippen LogP contribution in [0.1, 0.15) is 94.9 Å². The second kappa shape index (κ2) is 14.2. The van der Waals surface area contributed by atoms with Crippen LogP contribution < -0.4 is 4.74 Å². The van der Waals surface area contributed by atoms with Gasteiger partial charge in [-0.1, -0.05) is 55.4 Å². The Bertz CT molecular complexity index is 1620. The predicted molar refractivity (Wildman–Crippen MR) is 190 cm³/mol. The number of aliphatic hydroxyl groups excluding tert-OH is 1. The van der Waals surface area contributed by atoms with E-state index in [9.17, 15) is 19.5 Å². The molecule has 4 aliphatic carbocycles. The maximum atomic E-state index is 13.5. The Labute approximate surface area is 287 Å². The zero-order valence-corrected chi connectivity index (χ0v) is 30.2. The molecule has 0 spiro atoms. The molecule has 6 heteroatoms. The summed E-state index contributed by atoms with van der Waals surface area (Å²) >= 11 is 0. The molecule has 0 aromatic heterocycles. The first-order valence-corrected chi connectivity index (χ1v) is 17.7. The van der Waals surface area contributed by atoms with E-state index in [1.165, 1.54) is 22.8 Å². The van der Waals surface area contributed by atoms with Crippen molar-refractivity contribution in [1.29, 1.82) is 0 Å². The molecule has 0 radical (unpaired) electrons. The average molecular weight is 655 g/mol. The summed E-state index contributed by atoms with van der Waals surface area (Å²) < 4.78 is 11.0. The van der Waals surface area contributed by atoms with Gasteiger partial charge in [0.1, 0.15) is 5.75 Å². The van der Waals surface area contributed by atoms with Crippen LogP contribution in [0.5, 0.6) is 5.75 Å². The molecule has 4 aliphatic rings. The summed E-state index contributed by atoms with van der Waals surface area (Å²) in [6, 6.07) is 2.06. The van der Waals surface area contributed by atoms with E-state index in [-0.39, 0.29) is 40.8 Å². The average Bonchev–Trinajstić information content (AvgIpc) is 3.38. The van der Waals surface area contributed by atoms with Crippen molar-refractivity contribution in [2.75, 3.05) is 13.7 Å². The van der Waals surface area contributed by atoms with Crippen molar-refractivity contribution in [3.8, 4) is 5.75 Å². The third-order valence-electron chi connectivity index (χ3n) is 12.5. The largest absolute Gasteiger partial charge is 0.496 e. The van der Waals surface area contributed by atoms with Gasteiger partial charge in [0.2, 0.25) is 0 Å². The van der Waals surface area contributed by atoms with Gasteiger partial charge in [-0.15, -0.1) is 0 Å². The third-order valence-corrected chi connectivity index (χ3v) is 12.5. The maximum Gasteiger partial charge on any atom is 0.331 e. The van der Waals surface area contributed by atoms with Crippen LogP contribution in [-0.2, 0) is 19.1 Å². The van der Waals surface area contributed by atoms with Crippen LogP contribution >= 0.6 is 0 Å². The van der Waals surface area contributed by atoms with E-state index in [0.717, 1.165) is 60.1 Å². The zero-order chi connectivity index (χ0) is 35.0. The maximum absolute atomic E-state index is 13.5. The number of esters is 1. The normalized spacial score (nSPS) is 32.1. The fraction of sp³-hybridized carbons (Fsp3) is 0.548. The van der Waals surface area contributed by atoms with Crippen molar-refractivity contribution >= 4 is 23.6 Å². The van der Waals surface area contributed by atoms with Gasteiger partial charge in [0, 0.05) is 18.4 Å². The number of carbonyl (C=O) groups is 3. The SMILES string of the molecule is COc1cc(C)c(/C=C/C(C)=C/C=C/C(C)=C/C(=O)OCC(=O)C2CCC3C4CCC5=CC(=O)CCC5(C)C4C(O)CC23C)c(C)c1C. The number of rotatable bonds is 9. The molecule has 7 unspecified atom stereocenters. The van der Waals surface area contributed by atoms with Crippen LogP contribution in [0.4, 0.5) is 0 Å². The van der Waals surface area contributed by atoms with E-state index in [0.29, 0.717) is 24.7 Å². The zero-order valence-electron chi connectivity index (χ0n) is 30.2. The van der Waals surface area contributed by atoms with Crippen molar-refractivity contribution in [3.05, 3.63) is 81.5 Å². The molecule has 3 saturated carbocycles. The Kier molecular flexibility index (Phi) is 10.6. The first kappa shape index (κ1) is 35.8. The van der Waals surface area contributed by atoms with E-state index in [2.05, 4.69) is 52.8 Å². The molecular formula is C42H54O6. The lowest BCUT2D eigenvalue weighted by Crippen LogP contribution is -2.57. The number of benzene rings is 1. The van der Waals surface area contributed by atoms with Gasteiger partial charge in [0.05, 0.1) is 13.2 Å². The van der Waals surface area contributed by atoms with Gasteiger partial charge in [-0.05, 0) is 142 Å². The van der Waals surface area contributed by atoms with Gasteiger partial charge in [-0.2, -0.15) is 0 Å². The van der Waals surface area contributed by atoms with Gasteiger partial charge in [0.15, 0.2) is 18.2 Å². The smallest absolute Gasteiger partial charge is 0.331 e. The summed E-state index contributed by atoms with van der Waals surface area (Å²) in [5.74, 6) is 1.10. The molecular weight excluding hydrogens is 600 g/mol. The summed E-state index contributed by atoms with van der Waals surface area (Å²) in [6.45, 7) is 14.3. The Morgan fingerprint density at radius 2 is 1.77 bits per heavy atom. The van der Waals surface area contributed by atoms with Crippen LogP contribution in [0.15, 0.2) is 59.2 Å². The number of allylic oxidation sites excluding steroid dienone is 7. The first-order valence-electron chi connectivity index (χ1n) is 17.7. The number of hydrogen-bond acceptors (Lipinski definition) is 6. The molecule has 7 atom stereocenters. The minimum Gasteiger partial charge on any atom is -0.496 e.